The molecule has 1 aliphatic carbocycles. The molecule has 1 aromatic rings. The van der Waals surface area contributed by atoms with Crippen LogP contribution in [0.3, 0.4) is 0 Å². The van der Waals surface area contributed by atoms with Crippen LogP contribution in [0.1, 0.15) is 44.3 Å². The molecule has 0 amide bonds. The highest BCUT2D eigenvalue weighted by atomic mass is 16.3. The van der Waals surface area contributed by atoms with E-state index < -0.39 is 0 Å². The molecule has 0 aromatic heterocycles. The maximum absolute atomic E-state index is 10.4. The van der Waals surface area contributed by atoms with E-state index in [-0.39, 0.29) is 6.10 Å². The van der Waals surface area contributed by atoms with Gasteiger partial charge in [0.1, 0.15) is 0 Å². The summed E-state index contributed by atoms with van der Waals surface area (Å²) in [5, 5.41) is 10.4. The Morgan fingerprint density at radius 3 is 2.55 bits per heavy atom. The van der Waals surface area contributed by atoms with Crippen LogP contribution in [0.15, 0.2) is 30.3 Å². The molecule has 1 saturated heterocycles. The molecule has 1 heterocycles. The van der Waals surface area contributed by atoms with E-state index in [1.165, 1.54) is 32.2 Å². The fourth-order valence-electron chi connectivity index (χ4n) is 4.07. The first-order valence-electron chi connectivity index (χ1n) is 8.92. The standard InChI is InChI=1S/C19H30N2O/c1-16-13-20(14-17-7-5-6-8-17)11-12-21(16)15-19(22)18-9-3-2-4-10-18/h2-4,9-10,16-17,19,22H,5-8,11-15H2,1H3. The Kier molecular flexibility index (Phi) is 5.51. The van der Waals surface area contributed by atoms with Crippen molar-refractivity contribution in [1.82, 2.24) is 9.80 Å². The molecule has 1 N–H and O–H groups in total. The summed E-state index contributed by atoms with van der Waals surface area (Å²) in [5.74, 6) is 0.939. The summed E-state index contributed by atoms with van der Waals surface area (Å²) in [6, 6.07) is 10.6. The Bertz CT molecular complexity index is 444. The van der Waals surface area contributed by atoms with E-state index in [0.717, 1.165) is 37.7 Å². The summed E-state index contributed by atoms with van der Waals surface area (Å²) in [4.78, 5) is 5.09. The molecule has 2 atom stereocenters. The largest absolute Gasteiger partial charge is 0.387 e. The Hall–Kier alpha value is -0.900. The predicted octanol–water partition coefficient (Wildman–Crippen LogP) is 2.92. The fourth-order valence-corrected chi connectivity index (χ4v) is 4.07. The van der Waals surface area contributed by atoms with Crippen LogP contribution in [0.25, 0.3) is 0 Å². The zero-order valence-electron chi connectivity index (χ0n) is 13.8. The third kappa shape index (κ3) is 4.09. The second-order valence-corrected chi connectivity index (χ2v) is 7.18. The molecule has 1 saturated carbocycles. The molecule has 22 heavy (non-hydrogen) atoms. The van der Waals surface area contributed by atoms with Gasteiger partial charge >= 0.3 is 0 Å². The van der Waals surface area contributed by atoms with E-state index in [0.29, 0.717) is 6.04 Å². The number of rotatable bonds is 5. The monoisotopic (exact) mass is 302 g/mol. The van der Waals surface area contributed by atoms with Gasteiger partial charge < -0.3 is 10.0 Å². The zero-order valence-corrected chi connectivity index (χ0v) is 13.8. The smallest absolute Gasteiger partial charge is 0.0917 e. The van der Waals surface area contributed by atoms with Crippen molar-refractivity contribution in [2.75, 3.05) is 32.7 Å². The van der Waals surface area contributed by atoms with Gasteiger partial charge in [-0.1, -0.05) is 43.2 Å². The maximum Gasteiger partial charge on any atom is 0.0917 e. The van der Waals surface area contributed by atoms with Crippen molar-refractivity contribution in [3.8, 4) is 0 Å². The summed E-state index contributed by atoms with van der Waals surface area (Å²) in [7, 11) is 0. The van der Waals surface area contributed by atoms with E-state index >= 15 is 0 Å². The third-order valence-corrected chi connectivity index (χ3v) is 5.43. The number of β-amino-alcohol motifs (C(OH)–C–C–N with tert-alkyl or cyclic N) is 1. The van der Waals surface area contributed by atoms with Gasteiger partial charge in [-0.25, -0.2) is 0 Å². The fraction of sp³-hybridized carbons (Fsp3) is 0.684. The summed E-state index contributed by atoms with van der Waals surface area (Å²) < 4.78 is 0. The van der Waals surface area contributed by atoms with Gasteiger partial charge in [-0.15, -0.1) is 0 Å². The molecule has 2 aliphatic rings. The van der Waals surface area contributed by atoms with Crippen molar-refractivity contribution >= 4 is 0 Å². The molecule has 0 spiro atoms. The molecule has 2 fully saturated rings. The number of nitrogens with zero attached hydrogens (tertiary/aromatic N) is 2. The Morgan fingerprint density at radius 2 is 1.86 bits per heavy atom. The second-order valence-electron chi connectivity index (χ2n) is 7.18. The van der Waals surface area contributed by atoms with Gasteiger partial charge in [-0.3, -0.25) is 4.90 Å². The van der Waals surface area contributed by atoms with E-state index in [2.05, 4.69) is 16.7 Å². The molecule has 0 radical (unpaired) electrons. The second kappa shape index (κ2) is 7.58. The highest BCUT2D eigenvalue weighted by Crippen LogP contribution is 2.26. The molecule has 3 nitrogen and oxygen atoms in total. The average molecular weight is 302 g/mol. The molecular formula is C19H30N2O. The Labute approximate surface area is 134 Å². The number of aliphatic hydroxyl groups excluding tert-OH is 1. The lowest BCUT2D eigenvalue weighted by Gasteiger charge is -2.41. The molecule has 3 heteroatoms. The minimum atomic E-state index is -0.370. The van der Waals surface area contributed by atoms with Crippen molar-refractivity contribution in [3.05, 3.63) is 35.9 Å². The quantitative estimate of drug-likeness (QED) is 0.906. The van der Waals surface area contributed by atoms with Crippen LogP contribution in [0.5, 0.6) is 0 Å². The van der Waals surface area contributed by atoms with E-state index in [1.807, 2.05) is 30.3 Å². The third-order valence-electron chi connectivity index (χ3n) is 5.43. The molecule has 1 aliphatic heterocycles. The van der Waals surface area contributed by atoms with Gasteiger partial charge in [0.2, 0.25) is 0 Å². The maximum atomic E-state index is 10.4. The average Bonchev–Trinajstić information content (AvgIpc) is 3.04. The summed E-state index contributed by atoms with van der Waals surface area (Å²) >= 11 is 0. The lowest BCUT2D eigenvalue weighted by Crippen LogP contribution is -2.53. The van der Waals surface area contributed by atoms with E-state index in [4.69, 9.17) is 0 Å². The summed E-state index contributed by atoms with van der Waals surface area (Å²) in [5.41, 5.74) is 1.03. The minimum absolute atomic E-state index is 0.370. The predicted molar refractivity (Wildman–Crippen MR) is 90.8 cm³/mol. The SMILES string of the molecule is CC1CN(CC2CCCC2)CCN1CC(O)c1ccccc1. The number of benzene rings is 1. The van der Waals surface area contributed by atoms with Crippen molar-refractivity contribution < 1.29 is 5.11 Å². The molecular weight excluding hydrogens is 272 g/mol. The van der Waals surface area contributed by atoms with Gasteiger partial charge in [0.25, 0.3) is 0 Å². The molecule has 1 aromatic carbocycles. The first-order valence-corrected chi connectivity index (χ1v) is 8.92. The Balaban J connectivity index is 1.48. The van der Waals surface area contributed by atoms with Crippen molar-refractivity contribution in [3.63, 3.8) is 0 Å². The van der Waals surface area contributed by atoms with Gasteiger partial charge in [-0.2, -0.15) is 0 Å². The highest BCUT2D eigenvalue weighted by Gasteiger charge is 2.27. The van der Waals surface area contributed by atoms with E-state index in [1.54, 1.807) is 0 Å². The number of hydrogen-bond acceptors (Lipinski definition) is 3. The van der Waals surface area contributed by atoms with Crippen LogP contribution in [0.2, 0.25) is 0 Å². The van der Waals surface area contributed by atoms with Gasteiger partial charge in [0.15, 0.2) is 0 Å². The molecule has 122 valence electrons. The topological polar surface area (TPSA) is 26.7 Å². The van der Waals surface area contributed by atoms with Crippen LogP contribution in [-0.2, 0) is 0 Å². The number of aliphatic hydroxyl groups is 1. The lowest BCUT2D eigenvalue weighted by molar-refractivity contribution is 0.0339. The molecule has 3 rings (SSSR count). The van der Waals surface area contributed by atoms with Crippen LogP contribution in [0.4, 0.5) is 0 Å². The van der Waals surface area contributed by atoms with Crippen molar-refractivity contribution in [2.24, 2.45) is 5.92 Å². The first kappa shape index (κ1) is 16.0. The number of hydrogen-bond donors (Lipinski definition) is 1. The lowest BCUT2D eigenvalue weighted by atomic mass is 10.0. The number of piperazine rings is 1. The van der Waals surface area contributed by atoms with Crippen molar-refractivity contribution in [2.45, 2.75) is 44.8 Å². The van der Waals surface area contributed by atoms with Crippen LogP contribution >= 0.6 is 0 Å². The minimum Gasteiger partial charge on any atom is -0.387 e. The normalized spacial score (nSPS) is 26.4. The van der Waals surface area contributed by atoms with Crippen LogP contribution in [0, 0.1) is 5.92 Å². The van der Waals surface area contributed by atoms with Gasteiger partial charge in [0, 0.05) is 38.8 Å². The molecule has 2 unspecified atom stereocenters. The van der Waals surface area contributed by atoms with Gasteiger partial charge in [-0.05, 0) is 31.2 Å². The van der Waals surface area contributed by atoms with E-state index in [9.17, 15) is 5.11 Å². The first-order chi connectivity index (χ1) is 10.7. The summed E-state index contributed by atoms with van der Waals surface area (Å²) in [6.07, 6.45) is 5.36. The molecule has 0 bridgehead atoms. The van der Waals surface area contributed by atoms with Crippen molar-refractivity contribution in [1.29, 1.82) is 0 Å². The van der Waals surface area contributed by atoms with Crippen LogP contribution < -0.4 is 0 Å². The zero-order chi connectivity index (χ0) is 15.4. The highest BCUT2D eigenvalue weighted by molar-refractivity contribution is 5.17. The summed E-state index contributed by atoms with van der Waals surface area (Å²) in [6.45, 7) is 7.73. The van der Waals surface area contributed by atoms with Gasteiger partial charge in [0.05, 0.1) is 6.10 Å². The Morgan fingerprint density at radius 1 is 1.14 bits per heavy atom. The van der Waals surface area contributed by atoms with Crippen LogP contribution in [-0.4, -0.2) is 53.7 Å².